The normalized spacial score (nSPS) is 23.6. The second-order valence-corrected chi connectivity index (χ2v) is 5.16. The van der Waals surface area contributed by atoms with Gasteiger partial charge < -0.3 is 10.1 Å². The summed E-state index contributed by atoms with van der Waals surface area (Å²) in [5, 5.41) is 3.44. The number of hydrogen-bond acceptors (Lipinski definition) is 3. The summed E-state index contributed by atoms with van der Waals surface area (Å²) in [5.41, 5.74) is 1.35. The Morgan fingerprint density at radius 2 is 2.00 bits per heavy atom. The molecule has 1 aromatic rings. The van der Waals surface area contributed by atoms with E-state index in [2.05, 4.69) is 36.4 Å². The number of benzene rings is 1. The molecule has 2 rings (SSSR count). The molecule has 0 amide bonds. The molecular weight excluding hydrogens is 224 g/mol. The Morgan fingerprint density at radius 3 is 2.61 bits per heavy atom. The van der Waals surface area contributed by atoms with E-state index in [1.807, 2.05) is 12.1 Å². The molecule has 0 spiro atoms. The molecule has 1 aliphatic carbocycles. The lowest BCUT2D eigenvalue weighted by Crippen LogP contribution is -2.43. The predicted molar refractivity (Wildman–Crippen MR) is 74.9 cm³/mol. The highest BCUT2D eigenvalue weighted by Crippen LogP contribution is 2.24. The molecule has 2 atom stereocenters. The van der Waals surface area contributed by atoms with E-state index in [0.717, 1.165) is 12.3 Å². The molecule has 3 heteroatoms. The third kappa shape index (κ3) is 3.03. The lowest BCUT2D eigenvalue weighted by atomic mass is 10.1. The fraction of sp³-hybridized carbons (Fsp3) is 0.600. The molecule has 2 unspecified atom stereocenters. The van der Waals surface area contributed by atoms with Crippen LogP contribution in [-0.2, 0) is 6.54 Å². The van der Waals surface area contributed by atoms with Crippen LogP contribution in [0.15, 0.2) is 24.3 Å². The smallest absolute Gasteiger partial charge is 0.118 e. The fourth-order valence-electron chi connectivity index (χ4n) is 2.94. The minimum Gasteiger partial charge on any atom is -0.497 e. The summed E-state index contributed by atoms with van der Waals surface area (Å²) >= 11 is 0. The van der Waals surface area contributed by atoms with Gasteiger partial charge in [0, 0.05) is 18.6 Å². The summed E-state index contributed by atoms with van der Waals surface area (Å²) in [6.07, 6.45) is 3.94. The number of methoxy groups -OCH3 is 1. The van der Waals surface area contributed by atoms with Gasteiger partial charge in [0.15, 0.2) is 0 Å². The van der Waals surface area contributed by atoms with Crippen molar-refractivity contribution in [3.05, 3.63) is 29.8 Å². The van der Waals surface area contributed by atoms with Gasteiger partial charge in [-0.25, -0.2) is 0 Å². The van der Waals surface area contributed by atoms with E-state index in [1.165, 1.54) is 24.8 Å². The monoisotopic (exact) mass is 248 g/mol. The van der Waals surface area contributed by atoms with Crippen molar-refractivity contribution in [3.8, 4) is 5.75 Å². The average Bonchev–Trinajstić information content (AvgIpc) is 2.88. The van der Waals surface area contributed by atoms with Crippen LogP contribution < -0.4 is 10.1 Å². The maximum absolute atomic E-state index is 5.18. The first kappa shape index (κ1) is 13.4. The molecule has 3 nitrogen and oxygen atoms in total. The number of likely N-dealkylation sites (N-methyl/N-ethyl adjacent to an activating group) is 2. The Labute approximate surface area is 110 Å². The number of nitrogens with one attached hydrogen (secondary N) is 1. The van der Waals surface area contributed by atoms with Gasteiger partial charge in [0.05, 0.1) is 7.11 Å². The van der Waals surface area contributed by atoms with Crippen LogP contribution in [0.2, 0.25) is 0 Å². The highest BCUT2D eigenvalue weighted by molar-refractivity contribution is 5.27. The molecule has 1 saturated carbocycles. The maximum atomic E-state index is 5.18. The van der Waals surface area contributed by atoms with E-state index in [1.54, 1.807) is 7.11 Å². The zero-order chi connectivity index (χ0) is 13.0. The summed E-state index contributed by atoms with van der Waals surface area (Å²) in [7, 11) is 6.01. The van der Waals surface area contributed by atoms with Crippen LogP contribution in [0, 0.1) is 0 Å². The quantitative estimate of drug-likeness (QED) is 0.865. The Balaban J connectivity index is 1.95. The molecule has 0 radical (unpaired) electrons. The molecule has 0 saturated heterocycles. The maximum Gasteiger partial charge on any atom is 0.118 e. The van der Waals surface area contributed by atoms with Crippen molar-refractivity contribution in [2.45, 2.75) is 37.9 Å². The van der Waals surface area contributed by atoms with Crippen molar-refractivity contribution >= 4 is 0 Å². The van der Waals surface area contributed by atoms with E-state index in [9.17, 15) is 0 Å². The first-order valence-electron chi connectivity index (χ1n) is 6.75. The highest BCUT2D eigenvalue weighted by Gasteiger charge is 2.28. The molecular formula is C15H24N2O. The van der Waals surface area contributed by atoms with Gasteiger partial charge in [-0.15, -0.1) is 0 Å². The van der Waals surface area contributed by atoms with Crippen LogP contribution >= 0.6 is 0 Å². The number of hydrogen-bond donors (Lipinski definition) is 1. The molecule has 0 aromatic heterocycles. The van der Waals surface area contributed by atoms with E-state index >= 15 is 0 Å². The summed E-state index contributed by atoms with van der Waals surface area (Å²) in [5.74, 6) is 0.926. The minimum absolute atomic E-state index is 0.647. The molecule has 1 aliphatic rings. The van der Waals surface area contributed by atoms with E-state index in [-0.39, 0.29) is 0 Å². The van der Waals surface area contributed by atoms with Gasteiger partial charge in [-0.05, 0) is 44.6 Å². The number of nitrogens with zero attached hydrogens (tertiary/aromatic N) is 1. The first-order chi connectivity index (χ1) is 8.74. The molecule has 0 bridgehead atoms. The van der Waals surface area contributed by atoms with Gasteiger partial charge >= 0.3 is 0 Å². The van der Waals surface area contributed by atoms with Crippen molar-refractivity contribution in [2.24, 2.45) is 0 Å². The molecule has 18 heavy (non-hydrogen) atoms. The topological polar surface area (TPSA) is 24.5 Å². The van der Waals surface area contributed by atoms with Crippen molar-refractivity contribution < 1.29 is 4.74 Å². The summed E-state index contributed by atoms with van der Waals surface area (Å²) in [6.45, 7) is 1.01. The van der Waals surface area contributed by atoms with Gasteiger partial charge in [0.1, 0.15) is 5.75 Å². The predicted octanol–water partition coefficient (Wildman–Crippen LogP) is 2.27. The van der Waals surface area contributed by atoms with Gasteiger partial charge in [-0.1, -0.05) is 18.6 Å². The van der Waals surface area contributed by atoms with Gasteiger partial charge in [0.25, 0.3) is 0 Å². The lowest BCUT2D eigenvalue weighted by Gasteiger charge is -2.29. The second-order valence-electron chi connectivity index (χ2n) is 5.16. The first-order valence-corrected chi connectivity index (χ1v) is 6.75. The summed E-state index contributed by atoms with van der Waals surface area (Å²) in [6, 6.07) is 9.68. The highest BCUT2D eigenvalue weighted by atomic mass is 16.5. The van der Waals surface area contributed by atoms with E-state index < -0.39 is 0 Å². The average molecular weight is 248 g/mol. The Bertz CT molecular complexity index is 363. The van der Waals surface area contributed by atoms with Crippen LogP contribution in [0.4, 0.5) is 0 Å². The van der Waals surface area contributed by atoms with E-state index in [0.29, 0.717) is 12.1 Å². The van der Waals surface area contributed by atoms with Crippen molar-refractivity contribution in [2.75, 3.05) is 21.2 Å². The van der Waals surface area contributed by atoms with Gasteiger partial charge in [0.2, 0.25) is 0 Å². The van der Waals surface area contributed by atoms with Crippen molar-refractivity contribution in [3.63, 3.8) is 0 Å². The zero-order valence-corrected chi connectivity index (χ0v) is 11.6. The molecule has 1 N–H and O–H groups in total. The molecule has 1 fully saturated rings. The Morgan fingerprint density at radius 1 is 1.28 bits per heavy atom. The standard InChI is InChI=1S/C15H24N2O/c1-16-14-5-4-6-15(14)17(2)11-12-7-9-13(18-3)10-8-12/h7-10,14-16H,4-6,11H2,1-3H3. The van der Waals surface area contributed by atoms with Crippen LogP contribution in [0.25, 0.3) is 0 Å². The molecule has 1 aromatic carbocycles. The van der Waals surface area contributed by atoms with Crippen LogP contribution in [0.5, 0.6) is 5.75 Å². The summed E-state index contributed by atoms with van der Waals surface area (Å²) in [4.78, 5) is 2.47. The van der Waals surface area contributed by atoms with Crippen molar-refractivity contribution in [1.29, 1.82) is 0 Å². The molecule has 100 valence electrons. The Kier molecular flexibility index (Phi) is 4.61. The number of rotatable bonds is 5. The third-order valence-corrected chi connectivity index (χ3v) is 4.01. The minimum atomic E-state index is 0.647. The lowest BCUT2D eigenvalue weighted by molar-refractivity contribution is 0.208. The Hall–Kier alpha value is -1.06. The van der Waals surface area contributed by atoms with Crippen molar-refractivity contribution in [1.82, 2.24) is 10.2 Å². The van der Waals surface area contributed by atoms with Crippen LogP contribution in [0.1, 0.15) is 24.8 Å². The third-order valence-electron chi connectivity index (χ3n) is 4.01. The van der Waals surface area contributed by atoms with Gasteiger partial charge in [-0.3, -0.25) is 4.90 Å². The zero-order valence-electron chi connectivity index (χ0n) is 11.6. The SMILES string of the molecule is CNC1CCCC1N(C)Cc1ccc(OC)cc1. The van der Waals surface area contributed by atoms with Gasteiger partial charge in [-0.2, -0.15) is 0 Å². The van der Waals surface area contributed by atoms with Crippen LogP contribution in [0.3, 0.4) is 0 Å². The second kappa shape index (κ2) is 6.21. The molecule has 0 aliphatic heterocycles. The fourth-order valence-corrected chi connectivity index (χ4v) is 2.94. The largest absolute Gasteiger partial charge is 0.497 e. The van der Waals surface area contributed by atoms with E-state index in [4.69, 9.17) is 4.74 Å². The molecule has 0 heterocycles. The van der Waals surface area contributed by atoms with Crippen LogP contribution in [-0.4, -0.2) is 38.2 Å². The number of ether oxygens (including phenoxy) is 1. The summed E-state index contributed by atoms with van der Waals surface area (Å²) < 4.78 is 5.18.